The summed E-state index contributed by atoms with van der Waals surface area (Å²) in [5, 5.41) is 9.10. The van der Waals surface area contributed by atoms with Crippen LogP contribution in [0, 0.1) is 0 Å². The SMILES string of the molecule is O=Cc1cc(OC(F)(F)F)c(OC(F)(F)F)cc1O. The minimum Gasteiger partial charge on any atom is -0.507 e. The van der Waals surface area contributed by atoms with Gasteiger partial charge in [-0.05, 0) is 6.07 Å². The van der Waals surface area contributed by atoms with Crippen LogP contribution in [0.1, 0.15) is 10.4 Å². The summed E-state index contributed by atoms with van der Waals surface area (Å²) in [6.45, 7) is 0. The highest BCUT2D eigenvalue weighted by atomic mass is 19.4. The number of carbonyl (C=O) groups excluding carboxylic acids is 1. The van der Waals surface area contributed by atoms with Gasteiger partial charge in [0.2, 0.25) is 0 Å². The first-order valence-electron chi connectivity index (χ1n) is 4.35. The first-order chi connectivity index (χ1) is 8.52. The Morgan fingerprint density at radius 1 is 0.947 bits per heavy atom. The number of hydrogen-bond acceptors (Lipinski definition) is 4. The van der Waals surface area contributed by atoms with E-state index in [1.807, 2.05) is 0 Å². The lowest BCUT2D eigenvalue weighted by atomic mass is 10.2. The number of rotatable bonds is 3. The molecule has 1 rings (SSSR count). The lowest BCUT2D eigenvalue weighted by molar-refractivity contribution is -0.287. The Morgan fingerprint density at radius 2 is 1.37 bits per heavy atom. The number of aldehydes is 1. The maximum atomic E-state index is 12.0. The van der Waals surface area contributed by atoms with Crippen molar-refractivity contribution in [2.75, 3.05) is 0 Å². The first kappa shape index (κ1) is 14.9. The molecule has 1 N–H and O–H groups in total. The second kappa shape index (κ2) is 4.86. The van der Waals surface area contributed by atoms with Gasteiger partial charge in [0.15, 0.2) is 17.8 Å². The molecule has 0 aliphatic carbocycles. The van der Waals surface area contributed by atoms with Gasteiger partial charge in [-0.3, -0.25) is 4.79 Å². The number of phenolic OH excluding ortho intramolecular Hbond substituents is 1. The van der Waals surface area contributed by atoms with Crippen molar-refractivity contribution in [2.45, 2.75) is 12.7 Å². The van der Waals surface area contributed by atoms with Gasteiger partial charge >= 0.3 is 12.7 Å². The zero-order chi connectivity index (χ0) is 14.8. The fourth-order valence-corrected chi connectivity index (χ4v) is 1.07. The number of benzene rings is 1. The van der Waals surface area contributed by atoms with E-state index in [0.717, 1.165) is 0 Å². The van der Waals surface area contributed by atoms with E-state index in [-0.39, 0.29) is 18.4 Å². The fraction of sp³-hybridized carbons (Fsp3) is 0.222. The van der Waals surface area contributed by atoms with Crippen LogP contribution >= 0.6 is 0 Å². The van der Waals surface area contributed by atoms with Crippen molar-refractivity contribution in [1.29, 1.82) is 0 Å². The number of ether oxygens (including phenoxy) is 2. The van der Waals surface area contributed by atoms with Crippen LogP contribution in [0.3, 0.4) is 0 Å². The van der Waals surface area contributed by atoms with Crippen molar-refractivity contribution >= 4 is 6.29 Å². The minimum absolute atomic E-state index is 0.0596. The van der Waals surface area contributed by atoms with Gasteiger partial charge < -0.3 is 14.6 Å². The minimum atomic E-state index is -5.29. The quantitative estimate of drug-likeness (QED) is 0.686. The van der Waals surface area contributed by atoms with Crippen LogP contribution in [0.5, 0.6) is 17.2 Å². The van der Waals surface area contributed by atoms with Gasteiger partial charge in [0.1, 0.15) is 5.75 Å². The molecule has 0 unspecified atom stereocenters. The Morgan fingerprint density at radius 3 is 1.74 bits per heavy atom. The Bertz CT molecular complexity index is 479. The smallest absolute Gasteiger partial charge is 0.507 e. The molecule has 0 saturated carbocycles. The van der Waals surface area contributed by atoms with E-state index in [9.17, 15) is 31.1 Å². The predicted octanol–water partition coefficient (Wildman–Crippen LogP) is 3.00. The molecule has 0 radical (unpaired) electrons. The third-order valence-corrected chi connectivity index (χ3v) is 1.67. The van der Waals surface area contributed by atoms with Crippen LogP contribution in [0.2, 0.25) is 0 Å². The van der Waals surface area contributed by atoms with Gasteiger partial charge in [0.25, 0.3) is 0 Å². The summed E-state index contributed by atoms with van der Waals surface area (Å²) in [4.78, 5) is 10.4. The van der Waals surface area contributed by atoms with Crippen LogP contribution in [-0.4, -0.2) is 24.1 Å². The third kappa shape index (κ3) is 4.56. The summed E-state index contributed by atoms with van der Waals surface area (Å²) < 4.78 is 78.4. The molecule has 0 spiro atoms. The second-order valence-electron chi connectivity index (χ2n) is 3.07. The van der Waals surface area contributed by atoms with Crippen molar-refractivity contribution in [3.63, 3.8) is 0 Å². The van der Waals surface area contributed by atoms with Crippen molar-refractivity contribution in [3.8, 4) is 17.2 Å². The van der Waals surface area contributed by atoms with Gasteiger partial charge in [0, 0.05) is 6.07 Å². The molecule has 10 heteroatoms. The first-order valence-corrected chi connectivity index (χ1v) is 4.35. The number of alkyl halides is 6. The maximum Gasteiger partial charge on any atom is 0.573 e. The largest absolute Gasteiger partial charge is 0.573 e. The van der Waals surface area contributed by atoms with Gasteiger partial charge in [0.05, 0.1) is 5.56 Å². The average molecular weight is 290 g/mol. The van der Waals surface area contributed by atoms with Crippen LogP contribution < -0.4 is 9.47 Å². The number of halogens is 6. The molecule has 0 aliphatic heterocycles. The standard InChI is InChI=1S/C9H4F6O4/c10-8(11,12)18-6-1-4(3-16)5(17)2-7(6)19-9(13,14)15/h1-3,17H. The molecule has 0 heterocycles. The number of aromatic hydroxyl groups is 1. The Labute approximate surface area is 101 Å². The normalized spacial score (nSPS) is 12.1. The molecule has 0 aliphatic rings. The van der Waals surface area contributed by atoms with E-state index < -0.39 is 35.5 Å². The summed E-state index contributed by atoms with van der Waals surface area (Å²) in [5.41, 5.74) is -0.686. The van der Waals surface area contributed by atoms with E-state index in [0.29, 0.717) is 0 Å². The number of hydrogen-bond donors (Lipinski definition) is 1. The van der Waals surface area contributed by atoms with E-state index in [2.05, 4.69) is 9.47 Å². The van der Waals surface area contributed by atoms with Crippen molar-refractivity contribution < 1.29 is 45.7 Å². The van der Waals surface area contributed by atoms with E-state index in [4.69, 9.17) is 5.11 Å². The second-order valence-corrected chi connectivity index (χ2v) is 3.07. The summed E-state index contributed by atoms with van der Waals surface area (Å²) in [6.07, 6.45) is -10.6. The third-order valence-electron chi connectivity index (χ3n) is 1.67. The number of phenols is 1. The molecular weight excluding hydrogens is 286 g/mol. The van der Waals surface area contributed by atoms with E-state index in [1.54, 1.807) is 0 Å². The highest BCUT2D eigenvalue weighted by Crippen LogP contribution is 2.39. The van der Waals surface area contributed by atoms with Gasteiger partial charge in [-0.2, -0.15) is 0 Å². The molecule has 19 heavy (non-hydrogen) atoms. The van der Waals surface area contributed by atoms with Crippen molar-refractivity contribution in [3.05, 3.63) is 17.7 Å². The predicted molar refractivity (Wildman–Crippen MR) is 46.9 cm³/mol. The zero-order valence-electron chi connectivity index (χ0n) is 8.67. The van der Waals surface area contributed by atoms with Crippen LogP contribution in [0.4, 0.5) is 26.3 Å². The Balaban J connectivity index is 3.26. The average Bonchev–Trinajstić information content (AvgIpc) is 2.17. The molecule has 0 fully saturated rings. The van der Waals surface area contributed by atoms with Gasteiger partial charge in [-0.1, -0.05) is 0 Å². The van der Waals surface area contributed by atoms with Gasteiger partial charge in [-0.15, -0.1) is 26.3 Å². The van der Waals surface area contributed by atoms with Crippen molar-refractivity contribution in [1.82, 2.24) is 0 Å². The molecule has 4 nitrogen and oxygen atoms in total. The summed E-state index contributed by atoms with van der Waals surface area (Å²) in [6, 6.07) is 0.467. The monoisotopic (exact) mass is 290 g/mol. The molecule has 106 valence electrons. The molecule has 0 aromatic heterocycles. The summed E-state index contributed by atoms with van der Waals surface area (Å²) in [7, 11) is 0. The Kier molecular flexibility index (Phi) is 3.82. The highest BCUT2D eigenvalue weighted by Gasteiger charge is 2.37. The highest BCUT2D eigenvalue weighted by molar-refractivity contribution is 5.81. The molecule has 1 aromatic rings. The summed E-state index contributed by atoms with van der Waals surface area (Å²) in [5.74, 6) is -3.80. The van der Waals surface area contributed by atoms with Crippen LogP contribution in [0.15, 0.2) is 12.1 Å². The molecule has 1 aromatic carbocycles. The molecular formula is C9H4F6O4. The molecule has 0 amide bonds. The number of carbonyl (C=O) groups is 1. The maximum absolute atomic E-state index is 12.0. The topological polar surface area (TPSA) is 55.8 Å². The van der Waals surface area contributed by atoms with Crippen LogP contribution in [-0.2, 0) is 0 Å². The summed E-state index contributed by atoms with van der Waals surface area (Å²) >= 11 is 0. The van der Waals surface area contributed by atoms with E-state index >= 15 is 0 Å². The van der Waals surface area contributed by atoms with E-state index in [1.165, 1.54) is 0 Å². The Hall–Kier alpha value is -2.13. The lowest BCUT2D eigenvalue weighted by Crippen LogP contribution is -2.21. The zero-order valence-corrected chi connectivity index (χ0v) is 8.67. The molecule has 0 bridgehead atoms. The van der Waals surface area contributed by atoms with Crippen LogP contribution in [0.25, 0.3) is 0 Å². The lowest BCUT2D eigenvalue weighted by Gasteiger charge is -2.16. The van der Waals surface area contributed by atoms with Gasteiger partial charge in [-0.25, -0.2) is 0 Å². The molecule has 0 atom stereocenters. The van der Waals surface area contributed by atoms with Crippen molar-refractivity contribution in [2.24, 2.45) is 0 Å². The fourth-order valence-electron chi connectivity index (χ4n) is 1.07. The molecule has 0 saturated heterocycles.